The zero-order valence-electron chi connectivity index (χ0n) is 13.3. The summed E-state index contributed by atoms with van der Waals surface area (Å²) in [6.45, 7) is 6.90. The van der Waals surface area contributed by atoms with Crippen LogP contribution in [0.5, 0.6) is 0 Å². The number of hydrogen-bond acceptors (Lipinski definition) is 4. The first-order valence-electron chi connectivity index (χ1n) is 7.85. The molecule has 0 atom stereocenters. The molecule has 0 aliphatic carbocycles. The summed E-state index contributed by atoms with van der Waals surface area (Å²) in [4.78, 5) is 17.1. The molecule has 0 aromatic heterocycles. The number of carbonyl (C=O) groups excluding carboxylic acids is 1. The van der Waals surface area contributed by atoms with Crippen LogP contribution in [0, 0.1) is 5.41 Å². The molecule has 20 heavy (non-hydrogen) atoms. The van der Waals surface area contributed by atoms with Gasteiger partial charge in [0.1, 0.15) is 0 Å². The third-order valence-electron chi connectivity index (χ3n) is 4.93. The molecule has 1 rings (SSSR count). The van der Waals surface area contributed by atoms with Crippen molar-refractivity contribution in [2.24, 2.45) is 11.1 Å². The molecule has 1 amide bonds. The van der Waals surface area contributed by atoms with E-state index < -0.39 is 5.41 Å². The number of nitrogens with two attached hydrogens (primary N) is 1. The molecule has 0 unspecified atom stereocenters. The third kappa shape index (κ3) is 3.71. The highest BCUT2D eigenvalue weighted by molar-refractivity contribution is 5.83. The molecule has 5 heteroatoms. The Bertz CT molecular complexity index is 289. The molecule has 1 fully saturated rings. The van der Waals surface area contributed by atoms with Gasteiger partial charge >= 0.3 is 0 Å². The summed E-state index contributed by atoms with van der Waals surface area (Å²) in [5.41, 5.74) is 5.44. The smallest absolute Gasteiger partial charge is 0.230 e. The van der Waals surface area contributed by atoms with Crippen molar-refractivity contribution < 1.29 is 9.90 Å². The Morgan fingerprint density at radius 2 is 1.90 bits per heavy atom. The number of likely N-dealkylation sites (tertiary alicyclic amines) is 1. The van der Waals surface area contributed by atoms with Crippen molar-refractivity contribution in [1.29, 1.82) is 0 Å². The van der Waals surface area contributed by atoms with Crippen LogP contribution in [-0.2, 0) is 4.79 Å². The van der Waals surface area contributed by atoms with Gasteiger partial charge in [0, 0.05) is 19.1 Å². The average Bonchev–Trinajstić information content (AvgIpc) is 2.48. The van der Waals surface area contributed by atoms with Crippen LogP contribution < -0.4 is 5.73 Å². The van der Waals surface area contributed by atoms with Crippen molar-refractivity contribution in [2.75, 3.05) is 39.8 Å². The van der Waals surface area contributed by atoms with Gasteiger partial charge in [-0.25, -0.2) is 0 Å². The summed E-state index contributed by atoms with van der Waals surface area (Å²) in [5.74, 6) is 0.133. The minimum atomic E-state index is -0.460. The maximum atomic E-state index is 13.0. The van der Waals surface area contributed by atoms with E-state index in [1.807, 2.05) is 18.7 Å². The number of nitrogens with zero attached hydrogens (tertiary/aromatic N) is 2. The zero-order chi connectivity index (χ0) is 15.2. The van der Waals surface area contributed by atoms with Crippen molar-refractivity contribution in [3.63, 3.8) is 0 Å². The topological polar surface area (TPSA) is 69.8 Å². The van der Waals surface area contributed by atoms with Gasteiger partial charge in [-0.05, 0) is 45.8 Å². The molecule has 0 aromatic carbocycles. The van der Waals surface area contributed by atoms with E-state index in [-0.39, 0.29) is 18.6 Å². The molecule has 3 N–H and O–H groups in total. The second-order valence-corrected chi connectivity index (χ2v) is 5.95. The molecule has 0 bridgehead atoms. The van der Waals surface area contributed by atoms with Gasteiger partial charge in [-0.2, -0.15) is 0 Å². The lowest BCUT2D eigenvalue weighted by atomic mass is 9.80. The number of hydrogen-bond donors (Lipinski definition) is 2. The SMILES string of the molecule is CCC(CC)(CN)C(=O)N(CCO)C1CCN(C)CC1. The van der Waals surface area contributed by atoms with Crippen molar-refractivity contribution >= 4 is 5.91 Å². The van der Waals surface area contributed by atoms with Crippen LogP contribution in [0.3, 0.4) is 0 Å². The predicted octanol–water partition coefficient (Wildman–Crippen LogP) is 0.667. The molecule has 1 aliphatic rings. The maximum Gasteiger partial charge on any atom is 0.230 e. The minimum absolute atomic E-state index is 0.0200. The fraction of sp³-hybridized carbons (Fsp3) is 0.933. The Labute approximate surface area is 123 Å². The van der Waals surface area contributed by atoms with Gasteiger partial charge in [-0.3, -0.25) is 4.79 Å². The molecule has 1 heterocycles. The van der Waals surface area contributed by atoms with Crippen molar-refractivity contribution in [2.45, 2.75) is 45.6 Å². The number of rotatable bonds is 7. The van der Waals surface area contributed by atoms with Crippen molar-refractivity contribution in [3.8, 4) is 0 Å². The largest absolute Gasteiger partial charge is 0.395 e. The van der Waals surface area contributed by atoms with Gasteiger partial charge in [-0.1, -0.05) is 13.8 Å². The van der Waals surface area contributed by atoms with E-state index >= 15 is 0 Å². The highest BCUT2D eigenvalue weighted by Gasteiger charge is 2.39. The summed E-state index contributed by atoms with van der Waals surface area (Å²) in [6, 6.07) is 0.245. The monoisotopic (exact) mass is 285 g/mol. The summed E-state index contributed by atoms with van der Waals surface area (Å²) in [5, 5.41) is 9.32. The first-order chi connectivity index (χ1) is 9.54. The Kier molecular flexibility index (Phi) is 6.92. The Morgan fingerprint density at radius 3 is 2.30 bits per heavy atom. The van der Waals surface area contributed by atoms with E-state index in [0.717, 1.165) is 38.8 Å². The van der Waals surface area contributed by atoms with Crippen LogP contribution in [0.2, 0.25) is 0 Å². The quantitative estimate of drug-likeness (QED) is 0.721. The predicted molar refractivity (Wildman–Crippen MR) is 81.4 cm³/mol. The van der Waals surface area contributed by atoms with Crippen molar-refractivity contribution in [1.82, 2.24) is 9.80 Å². The second-order valence-electron chi connectivity index (χ2n) is 5.95. The van der Waals surface area contributed by atoms with Crippen LogP contribution in [0.15, 0.2) is 0 Å². The van der Waals surface area contributed by atoms with E-state index in [1.54, 1.807) is 0 Å². The Hall–Kier alpha value is -0.650. The molecule has 1 saturated heterocycles. The van der Waals surface area contributed by atoms with Crippen LogP contribution in [0.4, 0.5) is 0 Å². The zero-order valence-corrected chi connectivity index (χ0v) is 13.3. The summed E-state index contributed by atoms with van der Waals surface area (Å²) in [7, 11) is 2.11. The molecule has 5 nitrogen and oxygen atoms in total. The van der Waals surface area contributed by atoms with Gasteiger partial charge in [0.2, 0.25) is 5.91 Å². The Balaban J connectivity index is 2.86. The molecule has 118 valence electrons. The van der Waals surface area contributed by atoms with E-state index in [4.69, 9.17) is 5.73 Å². The molecule has 0 spiro atoms. The first kappa shape index (κ1) is 17.4. The number of carbonyl (C=O) groups is 1. The highest BCUT2D eigenvalue weighted by Crippen LogP contribution is 2.30. The van der Waals surface area contributed by atoms with Crippen LogP contribution in [-0.4, -0.2) is 66.7 Å². The van der Waals surface area contributed by atoms with Gasteiger partial charge < -0.3 is 20.6 Å². The summed E-state index contributed by atoms with van der Waals surface area (Å²) < 4.78 is 0. The first-order valence-corrected chi connectivity index (χ1v) is 7.85. The average molecular weight is 285 g/mol. The van der Waals surface area contributed by atoms with E-state index in [2.05, 4.69) is 11.9 Å². The van der Waals surface area contributed by atoms with Gasteiger partial charge in [0.05, 0.1) is 12.0 Å². The lowest BCUT2D eigenvalue weighted by Gasteiger charge is -2.42. The maximum absolute atomic E-state index is 13.0. The van der Waals surface area contributed by atoms with Gasteiger partial charge in [0.15, 0.2) is 0 Å². The molecule has 0 aromatic rings. The van der Waals surface area contributed by atoms with Crippen molar-refractivity contribution in [3.05, 3.63) is 0 Å². The fourth-order valence-corrected chi connectivity index (χ4v) is 3.10. The van der Waals surface area contributed by atoms with Gasteiger partial charge in [-0.15, -0.1) is 0 Å². The molecule has 1 aliphatic heterocycles. The van der Waals surface area contributed by atoms with Crippen LogP contribution >= 0.6 is 0 Å². The number of aliphatic hydroxyl groups is 1. The van der Waals surface area contributed by atoms with Crippen LogP contribution in [0.1, 0.15) is 39.5 Å². The lowest BCUT2D eigenvalue weighted by Crippen LogP contribution is -2.54. The standard InChI is InChI=1S/C15H31N3O2/c1-4-15(5-2,12-16)14(20)18(10-11-19)13-6-8-17(3)9-7-13/h13,19H,4-12,16H2,1-3H3. The summed E-state index contributed by atoms with van der Waals surface area (Å²) >= 11 is 0. The molecular weight excluding hydrogens is 254 g/mol. The number of piperidine rings is 1. The van der Waals surface area contributed by atoms with E-state index in [0.29, 0.717) is 13.1 Å². The second kappa shape index (κ2) is 7.96. The highest BCUT2D eigenvalue weighted by atomic mass is 16.3. The lowest BCUT2D eigenvalue weighted by molar-refractivity contribution is -0.146. The molecule has 0 saturated carbocycles. The molecular formula is C15H31N3O2. The molecule has 0 radical (unpaired) electrons. The summed E-state index contributed by atoms with van der Waals surface area (Å²) in [6.07, 6.45) is 3.48. The normalized spacial score (nSPS) is 18.2. The minimum Gasteiger partial charge on any atom is -0.395 e. The number of aliphatic hydroxyl groups excluding tert-OH is 1. The fourth-order valence-electron chi connectivity index (χ4n) is 3.10. The third-order valence-corrected chi connectivity index (χ3v) is 4.93. The Morgan fingerprint density at radius 1 is 1.35 bits per heavy atom. The van der Waals surface area contributed by atoms with E-state index in [9.17, 15) is 9.90 Å². The van der Waals surface area contributed by atoms with Crippen LogP contribution in [0.25, 0.3) is 0 Å². The number of amides is 1. The van der Waals surface area contributed by atoms with Gasteiger partial charge in [0.25, 0.3) is 0 Å². The van der Waals surface area contributed by atoms with E-state index in [1.165, 1.54) is 0 Å².